The largest absolute Gasteiger partial charge is 0.383 e. The van der Waals surface area contributed by atoms with Crippen molar-refractivity contribution < 1.29 is 0 Å². The zero-order chi connectivity index (χ0) is 18.1. The van der Waals surface area contributed by atoms with Crippen LogP contribution in [0.1, 0.15) is 5.56 Å². The number of aromatic nitrogens is 5. The minimum Gasteiger partial charge on any atom is -0.383 e. The fraction of sp³-hybridized carbons (Fsp3) is 0.167. The Morgan fingerprint density at radius 1 is 1.12 bits per heavy atom. The summed E-state index contributed by atoms with van der Waals surface area (Å²) in [5.41, 5.74) is 15.9. The molecular weight excluding hydrogens is 328 g/mol. The molecule has 0 saturated heterocycles. The Morgan fingerprint density at radius 3 is 2.69 bits per heavy atom. The Kier molecular flexibility index (Phi) is 3.92. The van der Waals surface area contributed by atoms with E-state index in [1.54, 1.807) is 6.33 Å². The summed E-state index contributed by atoms with van der Waals surface area (Å²) in [6, 6.07) is 10.2. The maximum Gasteiger partial charge on any atom is 0.224 e. The van der Waals surface area contributed by atoms with Crippen molar-refractivity contribution in [3.63, 3.8) is 0 Å². The molecule has 8 nitrogen and oxygen atoms in total. The predicted octanol–water partition coefficient (Wildman–Crippen LogP) is 2.20. The molecule has 0 aliphatic rings. The van der Waals surface area contributed by atoms with Crippen molar-refractivity contribution in [3.8, 4) is 5.69 Å². The molecule has 0 unspecified atom stereocenters. The van der Waals surface area contributed by atoms with Gasteiger partial charge in [0.2, 0.25) is 5.95 Å². The van der Waals surface area contributed by atoms with Gasteiger partial charge in [0.05, 0.1) is 5.69 Å². The molecule has 0 atom stereocenters. The molecule has 26 heavy (non-hydrogen) atoms. The summed E-state index contributed by atoms with van der Waals surface area (Å²) in [5.74, 6) is 0.421. The van der Waals surface area contributed by atoms with Crippen LogP contribution in [0.15, 0.2) is 49.1 Å². The molecule has 0 saturated carbocycles. The fourth-order valence-corrected chi connectivity index (χ4v) is 3.00. The minimum atomic E-state index is 0.137. The number of nitrogens with one attached hydrogen (secondary N) is 1. The lowest BCUT2D eigenvalue weighted by molar-refractivity contribution is 0.733. The molecule has 0 radical (unpaired) electrons. The highest BCUT2D eigenvalue weighted by Gasteiger charge is 2.12. The highest BCUT2D eigenvalue weighted by Crippen LogP contribution is 2.24. The van der Waals surface area contributed by atoms with Crippen molar-refractivity contribution in [3.05, 3.63) is 54.6 Å². The first-order valence-electron chi connectivity index (χ1n) is 8.33. The molecule has 8 heteroatoms. The Balaban J connectivity index is 1.58. The summed E-state index contributed by atoms with van der Waals surface area (Å²) in [5, 5.41) is 3.44. The average Bonchev–Trinajstić information content (AvgIpc) is 3.25. The minimum absolute atomic E-state index is 0.137. The number of benzene rings is 1. The van der Waals surface area contributed by atoms with Gasteiger partial charge in [-0.05, 0) is 42.8 Å². The number of anilines is 3. The number of nitrogen functional groups attached to an aromatic ring is 2. The van der Waals surface area contributed by atoms with Gasteiger partial charge in [0.25, 0.3) is 0 Å². The molecule has 0 aliphatic heterocycles. The number of nitrogens with two attached hydrogens (primary N) is 2. The second-order valence-corrected chi connectivity index (χ2v) is 6.10. The number of hydrogen-bond acceptors (Lipinski definition) is 6. The van der Waals surface area contributed by atoms with Gasteiger partial charge in [-0.2, -0.15) is 9.97 Å². The summed E-state index contributed by atoms with van der Waals surface area (Å²) in [6.45, 7) is 3.81. The molecule has 3 aromatic heterocycles. The van der Waals surface area contributed by atoms with Gasteiger partial charge in [-0.1, -0.05) is 0 Å². The first kappa shape index (κ1) is 15.9. The third-order valence-corrected chi connectivity index (χ3v) is 4.26. The second kappa shape index (κ2) is 6.40. The zero-order valence-corrected chi connectivity index (χ0v) is 14.4. The molecule has 0 spiro atoms. The SMILES string of the molecule is Cc1cc(NCCn2cccc2)ccc1-n1cnc2c(N)nc(N)nc21. The normalized spacial score (nSPS) is 11.1. The van der Waals surface area contributed by atoms with Gasteiger partial charge in [-0.15, -0.1) is 0 Å². The van der Waals surface area contributed by atoms with E-state index in [0.29, 0.717) is 11.2 Å². The molecule has 0 amide bonds. The van der Waals surface area contributed by atoms with Crippen LogP contribution in [0.4, 0.5) is 17.5 Å². The van der Waals surface area contributed by atoms with Crippen LogP contribution in [0.25, 0.3) is 16.9 Å². The Hall–Kier alpha value is -3.55. The van der Waals surface area contributed by atoms with Crippen LogP contribution in [0, 0.1) is 6.92 Å². The van der Waals surface area contributed by atoms with Crippen LogP contribution in [0.3, 0.4) is 0 Å². The van der Waals surface area contributed by atoms with Crippen molar-refractivity contribution in [2.75, 3.05) is 23.3 Å². The highest BCUT2D eigenvalue weighted by molar-refractivity contribution is 5.84. The van der Waals surface area contributed by atoms with E-state index in [2.05, 4.69) is 43.3 Å². The van der Waals surface area contributed by atoms with E-state index in [1.165, 1.54) is 0 Å². The number of rotatable bonds is 5. The van der Waals surface area contributed by atoms with Gasteiger partial charge >= 0.3 is 0 Å². The first-order valence-corrected chi connectivity index (χ1v) is 8.33. The third-order valence-electron chi connectivity index (χ3n) is 4.26. The van der Waals surface area contributed by atoms with Crippen LogP contribution < -0.4 is 16.8 Å². The Bertz CT molecular complexity index is 1050. The van der Waals surface area contributed by atoms with Gasteiger partial charge < -0.3 is 21.4 Å². The second-order valence-electron chi connectivity index (χ2n) is 6.10. The van der Waals surface area contributed by atoms with E-state index < -0.39 is 0 Å². The van der Waals surface area contributed by atoms with Crippen LogP contribution in [0.2, 0.25) is 0 Å². The van der Waals surface area contributed by atoms with E-state index in [9.17, 15) is 0 Å². The summed E-state index contributed by atoms with van der Waals surface area (Å²) in [7, 11) is 0. The lowest BCUT2D eigenvalue weighted by Crippen LogP contribution is -2.09. The quantitative estimate of drug-likeness (QED) is 0.510. The molecule has 4 rings (SSSR count). The number of hydrogen-bond donors (Lipinski definition) is 3. The number of fused-ring (bicyclic) bond motifs is 1. The van der Waals surface area contributed by atoms with E-state index in [0.717, 1.165) is 30.0 Å². The zero-order valence-electron chi connectivity index (χ0n) is 14.4. The highest BCUT2D eigenvalue weighted by atomic mass is 15.2. The van der Waals surface area contributed by atoms with Crippen molar-refractivity contribution >= 4 is 28.6 Å². The topological polar surface area (TPSA) is 113 Å². The van der Waals surface area contributed by atoms with Gasteiger partial charge in [-0.3, -0.25) is 4.57 Å². The van der Waals surface area contributed by atoms with Crippen LogP contribution in [0.5, 0.6) is 0 Å². The maximum atomic E-state index is 5.89. The van der Waals surface area contributed by atoms with E-state index in [1.807, 2.05) is 35.8 Å². The standard InChI is InChI=1S/C18H20N8/c1-12-10-13(21-6-9-25-7-2-3-8-25)4-5-14(12)26-11-22-15-16(19)23-18(20)24-17(15)26/h2-5,7-8,10-11,21H,6,9H2,1H3,(H4,19,20,23,24). The van der Waals surface area contributed by atoms with Crippen molar-refractivity contribution in [2.45, 2.75) is 13.5 Å². The Morgan fingerprint density at radius 2 is 1.92 bits per heavy atom. The summed E-state index contributed by atoms with van der Waals surface area (Å²) >= 11 is 0. The number of aryl methyl sites for hydroxylation is 1. The van der Waals surface area contributed by atoms with Gasteiger partial charge in [-0.25, -0.2) is 4.98 Å². The van der Waals surface area contributed by atoms with Crippen LogP contribution in [-0.4, -0.2) is 30.6 Å². The monoisotopic (exact) mass is 348 g/mol. The molecule has 0 aliphatic carbocycles. The summed E-state index contributed by atoms with van der Waals surface area (Å²) in [6.07, 6.45) is 5.80. The smallest absolute Gasteiger partial charge is 0.224 e. The van der Waals surface area contributed by atoms with Crippen molar-refractivity contribution in [2.24, 2.45) is 0 Å². The summed E-state index contributed by atoms with van der Waals surface area (Å²) in [4.78, 5) is 12.6. The van der Waals surface area contributed by atoms with Crippen LogP contribution in [-0.2, 0) is 6.54 Å². The molecule has 5 N–H and O–H groups in total. The predicted molar refractivity (Wildman–Crippen MR) is 103 cm³/mol. The molecule has 0 fully saturated rings. The van der Waals surface area contributed by atoms with Crippen LogP contribution >= 0.6 is 0 Å². The number of imidazole rings is 1. The Labute approximate surface area is 150 Å². The molecule has 4 aromatic rings. The van der Waals surface area contributed by atoms with E-state index in [-0.39, 0.29) is 11.8 Å². The molecule has 3 heterocycles. The molecule has 1 aromatic carbocycles. The van der Waals surface area contributed by atoms with Gasteiger partial charge in [0.1, 0.15) is 6.33 Å². The molecule has 0 bridgehead atoms. The van der Waals surface area contributed by atoms with Crippen molar-refractivity contribution in [1.29, 1.82) is 0 Å². The lowest BCUT2D eigenvalue weighted by atomic mass is 10.1. The fourth-order valence-electron chi connectivity index (χ4n) is 3.00. The van der Waals surface area contributed by atoms with Gasteiger partial charge in [0, 0.05) is 31.2 Å². The average molecular weight is 348 g/mol. The van der Waals surface area contributed by atoms with E-state index >= 15 is 0 Å². The first-order chi connectivity index (χ1) is 12.6. The van der Waals surface area contributed by atoms with Crippen molar-refractivity contribution in [1.82, 2.24) is 24.1 Å². The molecule has 132 valence electrons. The maximum absolute atomic E-state index is 5.89. The molecular formula is C18H20N8. The third kappa shape index (κ3) is 2.92. The number of nitrogens with zero attached hydrogens (tertiary/aromatic N) is 5. The lowest BCUT2D eigenvalue weighted by Gasteiger charge is -2.12. The van der Waals surface area contributed by atoms with Gasteiger partial charge in [0.15, 0.2) is 17.0 Å². The summed E-state index contributed by atoms with van der Waals surface area (Å²) < 4.78 is 4.02. The van der Waals surface area contributed by atoms with E-state index in [4.69, 9.17) is 11.5 Å².